The number of nitrogens with one attached hydrogen (secondary N) is 1. The fraction of sp³-hybridized carbons (Fsp3) is 0.300. The number of thiazole rings is 1. The molecular weight excluding hydrogens is 410 g/mol. The van der Waals surface area contributed by atoms with E-state index in [1.807, 2.05) is 17.5 Å². The molecule has 0 unspecified atom stereocenters. The third-order valence-corrected chi connectivity index (χ3v) is 5.82. The number of aromatic nitrogens is 2. The summed E-state index contributed by atoms with van der Waals surface area (Å²) >= 11 is 2.70. The fourth-order valence-corrected chi connectivity index (χ4v) is 4.14. The van der Waals surface area contributed by atoms with Gasteiger partial charge in [-0.05, 0) is 24.4 Å². The van der Waals surface area contributed by atoms with Gasteiger partial charge in [0.05, 0.1) is 4.53 Å². The van der Waals surface area contributed by atoms with Crippen LogP contribution in [0.5, 0.6) is 0 Å². The van der Waals surface area contributed by atoms with Crippen LogP contribution in [0, 0.1) is 12.3 Å². The highest BCUT2D eigenvalue weighted by atomic mass is 32.1. The molecular formula is C20H21N3O4S2. The molecule has 29 heavy (non-hydrogen) atoms. The molecule has 7 nitrogen and oxygen atoms in total. The van der Waals surface area contributed by atoms with Crippen molar-refractivity contribution in [3.8, 4) is 0 Å². The van der Waals surface area contributed by atoms with Crippen LogP contribution in [-0.4, -0.2) is 21.4 Å². The van der Waals surface area contributed by atoms with Crippen LogP contribution in [0.1, 0.15) is 31.4 Å². The summed E-state index contributed by atoms with van der Waals surface area (Å²) < 4.78 is 7.14. The smallest absolute Gasteiger partial charge is 0.269 e. The van der Waals surface area contributed by atoms with Crippen molar-refractivity contribution in [1.29, 1.82) is 0 Å². The van der Waals surface area contributed by atoms with E-state index in [0.29, 0.717) is 15.0 Å². The Morgan fingerprint density at radius 2 is 2.10 bits per heavy atom. The molecule has 9 heteroatoms. The summed E-state index contributed by atoms with van der Waals surface area (Å²) in [6.07, 6.45) is 3.21. The second kappa shape index (κ2) is 8.30. The maximum absolute atomic E-state index is 12.9. The van der Waals surface area contributed by atoms with E-state index in [1.54, 1.807) is 39.8 Å². The van der Waals surface area contributed by atoms with E-state index < -0.39 is 11.3 Å². The van der Waals surface area contributed by atoms with Gasteiger partial charge in [-0.2, -0.15) is 0 Å². The molecule has 3 rings (SSSR count). The molecule has 0 atom stereocenters. The van der Waals surface area contributed by atoms with Gasteiger partial charge in [0.2, 0.25) is 5.91 Å². The number of carbonyl (C=O) groups is 2. The Morgan fingerprint density at radius 3 is 2.69 bits per heavy atom. The SMILES string of the molecule is Cc1cc(NC(=O)Cn2c(=O)/c(=C\c3cccs3)s/c2=C\C(=O)C(C)(C)C)no1. The van der Waals surface area contributed by atoms with Crippen molar-refractivity contribution < 1.29 is 14.1 Å². The Labute approximate surface area is 175 Å². The maximum Gasteiger partial charge on any atom is 0.269 e. The number of hydrogen-bond acceptors (Lipinski definition) is 7. The van der Waals surface area contributed by atoms with Gasteiger partial charge in [-0.25, -0.2) is 0 Å². The summed E-state index contributed by atoms with van der Waals surface area (Å²) in [7, 11) is 0. The lowest BCUT2D eigenvalue weighted by atomic mass is 9.91. The monoisotopic (exact) mass is 431 g/mol. The Hall–Kier alpha value is -2.78. The average molecular weight is 432 g/mol. The Kier molecular flexibility index (Phi) is 5.99. The number of hydrogen-bond donors (Lipinski definition) is 1. The number of aryl methyl sites for hydroxylation is 1. The maximum atomic E-state index is 12.9. The Bertz CT molecular complexity index is 1210. The molecule has 0 saturated carbocycles. The molecule has 0 spiro atoms. The van der Waals surface area contributed by atoms with E-state index >= 15 is 0 Å². The molecule has 0 aliphatic heterocycles. The van der Waals surface area contributed by atoms with Crippen molar-refractivity contribution in [1.82, 2.24) is 9.72 Å². The summed E-state index contributed by atoms with van der Waals surface area (Å²) in [6, 6.07) is 5.38. The summed E-state index contributed by atoms with van der Waals surface area (Å²) in [6.45, 7) is 6.90. The van der Waals surface area contributed by atoms with Crippen molar-refractivity contribution in [2.75, 3.05) is 5.32 Å². The molecule has 1 amide bonds. The van der Waals surface area contributed by atoms with Crippen LogP contribution in [0.4, 0.5) is 5.82 Å². The molecule has 0 bridgehead atoms. The van der Waals surface area contributed by atoms with Crippen LogP contribution in [-0.2, 0) is 16.1 Å². The minimum absolute atomic E-state index is 0.122. The summed E-state index contributed by atoms with van der Waals surface area (Å²) in [5.74, 6) is 0.282. The minimum atomic E-state index is -0.594. The summed E-state index contributed by atoms with van der Waals surface area (Å²) in [5.41, 5.74) is -0.911. The Balaban J connectivity index is 2.02. The molecule has 0 radical (unpaired) electrons. The number of amides is 1. The molecule has 0 aliphatic carbocycles. The lowest BCUT2D eigenvalue weighted by Gasteiger charge is -2.12. The van der Waals surface area contributed by atoms with E-state index in [-0.39, 0.29) is 23.7 Å². The van der Waals surface area contributed by atoms with Gasteiger partial charge in [0.1, 0.15) is 17.0 Å². The highest BCUT2D eigenvalue weighted by Crippen LogP contribution is 2.15. The topological polar surface area (TPSA) is 94.2 Å². The van der Waals surface area contributed by atoms with Crippen LogP contribution in [0.25, 0.3) is 12.2 Å². The van der Waals surface area contributed by atoms with Gasteiger partial charge in [-0.3, -0.25) is 19.0 Å². The van der Waals surface area contributed by atoms with Crippen LogP contribution < -0.4 is 20.1 Å². The molecule has 3 aromatic heterocycles. The first kappa shape index (κ1) is 20.9. The van der Waals surface area contributed by atoms with Crippen LogP contribution in [0.2, 0.25) is 0 Å². The number of nitrogens with zero attached hydrogens (tertiary/aromatic N) is 2. The number of anilines is 1. The quantitative estimate of drug-likeness (QED) is 0.668. The van der Waals surface area contributed by atoms with Crippen molar-refractivity contribution in [2.45, 2.75) is 34.2 Å². The van der Waals surface area contributed by atoms with Gasteiger partial charge < -0.3 is 9.84 Å². The molecule has 3 aromatic rings. The highest BCUT2D eigenvalue weighted by Gasteiger charge is 2.20. The molecule has 0 fully saturated rings. The van der Waals surface area contributed by atoms with Crippen molar-refractivity contribution in [3.05, 3.63) is 53.8 Å². The number of ketones is 1. The zero-order valence-electron chi connectivity index (χ0n) is 16.5. The first-order valence-electron chi connectivity index (χ1n) is 8.88. The largest absolute Gasteiger partial charge is 0.360 e. The first-order chi connectivity index (χ1) is 13.6. The normalized spacial score (nSPS) is 13.1. The molecule has 0 aromatic carbocycles. The van der Waals surface area contributed by atoms with E-state index in [2.05, 4.69) is 10.5 Å². The fourth-order valence-electron chi connectivity index (χ4n) is 2.38. The number of carbonyl (C=O) groups excluding carboxylic acids is 2. The number of thiophene rings is 1. The van der Waals surface area contributed by atoms with Gasteiger partial charge in [-0.15, -0.1) is 22.7 Å². The van der Waals surface area contributed by atoms with E-state index in [1.165, 1.54) is 33.3 Å². The second-order valence-electron chi connectivity index (χ2n) is 7.49. The van der Waals surface area contributed by atoms with Crippen LogP contribution >= 0.6 is 22.7 Å². The van der Waals surface area contributed by atoms with Gasteiger partial charge in [0.25, 0.3) is 5.56 Å². The van der Waals surface area contributed by atoms with Crippen LogP contribution in [0.3, 0.4) is 0 Å². The van der Waals surface area contributed by atoms with E-state index in [4.69, 9.17) is 4.52 Å². The van der Waals surface area contributed by atoms with Crippen molar-refractivity contribution in [2.24, 2.45) is 5.41 Å². The molecule has 1 N–H and O–H groups in total. The highest BCUT2D eigenvalue weighted by molar-refractivity contribution is 7.11. The lowest BCUT2D eigenvalue weighted by Crippen LogP contribution is -2.36. The lowest BCUT2D eigenvalue weighted by molar-refractivity contribution is -0.120. The zero-order valence-corrected chi connectivity index (χ0v) is 18.1. The first-order valence-corrected chi connectivity index (χ1v) is 10.6. The minimum Gasteiger partial charge on any atom is -0.360 e. The number of rotatable bonds is 5. The van der Waals surface area contributed by atoms with Crippen LogP contribution in [0.15, 0.2) is 32.9 Å². The molecule has 3 heterocycles. The summed E-state index contributed by atoms with van der Waals surface area (Å²) in [5, 5.41) is 8.24. The third kappa shape index (κ3) is 5.18. The average Bonchev–Trinajstić information content (AvgIpc) is 3.33. The second-order valence-corrected chi connectivity index (χ2v) is 9.53. The predicted molar refractivity (Wildman–Crippen MR) is 115 cm³/mol. The van der Waals surface area contributed by atoms with Crippen molar-refractivity contribution >= 4 is 52.3 Å². The zero-order chi connectivity index (χ0) is 21.2. The summed E-state index contributed by atoms with van der Waals surface area (Å²) in [4.78, 5) is 38.8. The standard InChI is InChI=1S/C20H21N3O4S2/c1-12-8-16(22-27-12)21-17(25)11-23-18(10-15(24)20(2,3)4)29-14(19(23)26)9-13-6-5-7-28-13/h5-10H,11H2,1-4H3,(H,21,22,25)/b14-9+,18-10-. The van der Waals surface area contributed by atoms with Gasteiger partial charge in [-0.1, -0.05) is 32.0 Å². The molecule has 0 saturated heterocycles. The van der Waals surface area contributed by atoms with Gasteiger partial charge in [0.15, 0.2) is 11.6 Å². The van der Waals surface area contributed by atoms with E-state index in [0.717, 1.165) is 4.88 Å². The van der Waals surface area contributed by atoms with Crippen molar-refractivity contribution in [3.63, 3.8) is 0 Å². The number of Topliss-reactive ketones (excluding diaryl/α,β-unsaturated/α-hetero) is 1. The molecule has 0 aliphatic rings. The molecule has 152 valence electrons. The Morgan fingerprint density at radius 1 is 1.34 bits per heavy atom. The third-order valence-electron chi connectivity index (χ3n) is 3.94. The van der Waals surface area contributed by atoms with E-state index in [9.17, 15) is 14.4 Å². The van der Waals surface area contributed by atoms with Gasteiger partial charge >= 0.3 is 0 Å². The predicted octanol–water partition coefficient (Wildman–Crippen LogP) is 2.13. The van der Waals surface area contributed by atoms with Gasteiger partial charge in [0, 0.05) is 22.4 Å².